The fourth-order valence-corrected chi connectivity index (χ4v) is 3.72. The van der Waals surface area contributed by atoms with Gasteiger partial charge < -0.3 is 10.2 Å². The van der Waals surface area contributed by atoms with Crippen molar-refractivity contribution in [3.63, 3.8) is 0 Å². The van der Waals surface area contributed by atoms with Crippen LogP contribution < -0.4 is 5.32 Å². The summed E-state index contributed by atoms with van der Waals surface area (Å²) in [5, 5.41) is 3.18. The zero-order valence-electron chi connectivity index (χ0n) is 12.5. The molecule has 0 aliphatic carbocycles. The Morgan fingerprint density at radius 1 is 1.38 bits per heavy atom. The van der Waals surface area contributed by atoms with Gasteiger partial charge in [0.2, 0.25) is 0 Å². The normalized spacial score (nSPS) is 19.5. The van der Waals surface area contributed by atoms with Crippen molar-refractivity contribution < 1.29 is 13.2 Å². The number of piperidine rings is 1. The van der Waals surface area contributed by atoms with E-state index in [4.69, 9.17) is 0 Å². The first kappa shape index (κ1) is 16.0. The first-order chi connectivity index (χ1) is 9.99. The summed E-state index contributed by atoms with van der Waals surface area (Å²) in [5.41, 5.74) is 0.288. The molecular weight excluding hydrogens is 288 g/mol. The molecule has 1 amide bonds. The number of sulfone groups is 1. The first-order valence-electron chi connectivity index (χ1n) is 7.28. The number of carbonyl (C=O) groups is 1. The Kier molecular flexibility index (Phi) is 5.00. The van der Waals surface area contributed by atoms with Crippen LogP contribution in [0.15, 0.2) is 29.2 Å². The number of hydrogen-bond acceptors (Lipinski definition) is 4. The molecule has 1 saturated heterocycles. The van der Waals surface area contributed by atoms with Crippen LogP contribution in [0.1, 0.15) is 30.1 Å². The van der Waals surface area contributed by atoms with Crippen molar-refractivity contribution in [3.8, 4) is 0 Å². The molecule has 0 bridgehead atoms. The molecule has 1 aliphatic rings. The fourth-order valence-electron chi connectivity index (χ4n) is 2.64. The fraction of sp³-hybridized carbons (Fsp3) is 0.533. The Morgan fingerprint density at radius 2 is 2.10 bits per heavy atom. The van der Waals surface area contributed by atoms with E-state index in [1.807, 2.05) is 7.05 Å². The number of nitrogens with zero attached hydrogens (tertiary/aromatic N) is 1. The van der Waals surface area contributed by atoms with E-state index in [0.717, 1.165) is 12.8 Å². The van der Waals surface area contributed by atoms with Crippen molar-refractivity contribution in [2.24, 2.45) is 0 Å². The number of nitrogens with one attached hydrogen (secondary N) is 1. The molecule has 0 unspecified atom stereocenters. The topological polar surface area (TPSA) is 66.5 Å². The molecule has 1 aliphatic heterocycles. The summed E-state index contributed by atoms with van der Waals surface area (Å²) in [6, 6.07) is 6.77. The van der Waals surface area contributed by atoms with E-state index in [-0.39, 0.29) is 28.2 Å². The van der Waals surface area contributed by atoms with E-state index in [9.17, 15) is 13.2 Å². The standard InChI is InChI=1S/C15H22N2O3S/c1-3-21(19,20)14-9-5-4-8-13(14)15(18)17-10-6-7-12(11-17)16-2/h4-5,8-9,12,16H,3,6-7,10-11H2,1-2H3/t12-/m0/s1. The number of likely N-dealkylation sites (N-methyl/N-ethyl adjacent to an activating group) is 1. The first-order valence-corrected chi connectivity index (χ1v) is 8.93. The summed E-state index contributed by atoms with van der Waals surface area (Å²) in [6.07, 6.45) is 1.97. The van der Waals surface area contributed by atoms with E-state index in [2.05, 4.69) is 5.32 Å². The minimum Gasteiger partial charge on any atom is -0.337 e. The summed E-state index contributed by atoms with van der Waals surface area (Å²) in [6.45, 7) is 2.89. The van der Waals surface area contributed by atoms with Gasteiger partial charge in [0.25, 0.3) is 5.91 Å². The van der Waals surface area contributed by atoms with Gasteiger partial charge in [0.05, 0.1) is 16.2 Å². The second kappa shape index (κ2) is 6.58. The Bertz CT molecular complexity index is 613. The van der Waals surface area contributed by atoms with E-state index in [1.54, 1.807) is 30.0 Å². The minimum atomic E-state index is -3.39. The van der Waals surface area contributed by atoms with E-state index in [0.29, 0.717) is 13.1 Å². The lowest BCUT2D eigenvalue weighted by Crippen LogP contribution is -2.47. The molecule has 1 aromatic carbocycles. The molecule has 0 radical (unpaired) electrons. The molecular formula is C15H22N2O3S. The summed E-state index contributed by atoms with van der Waals surface area (Å²) >= 11 is 0. The summed E-state index contributed by atoms with van der Waals surface area (Å²) in [4.78, 5) is 14.6. The maximum atomic E-state index is 12.7. The molecule has 1 N–H and O–H groups in total. The van der Waals surface area contributed by atoms with Crippen LogP contribution in [0.25, 0.3) is 0 Å². The van der Waals surface area contributed by atoms with Crippen molar-refractivity contribution in [2.75, 3.05) is 25.9 Å². The van der Waals surface area contributed by atoms with Gasteiger partial charge in [-0.2, -0.15) is 0 Å². The average Bonchev–Trinajstić information content (AvgIpc) is 2.54. The Hall–Kier alpha value is -1.40. The highest BCUT2D eigenvalue weighted by Gasteiger charge is 2.27. The van der Waals surface area contributed by atoms with Crippen LogP contribution in [0.2, 0.25) is 0 Å². The predicted octanol–water partition coefficient (Wildman–Crippen LogP) is 1.30. The lowest BCUT2D eigenvalue weighted by Gasteiger charge is -2.33. The van der Waals surface area contributed by atoms with Gasteiger partial charge in [-0.3, -0.25) is 4.79 Å². The molecule has 1 aromatic rings. The Morgan fingerprint density at radius 3 is 2.76 bits per heavy atom. The number of carbonyl (C=O) groups excluding carboxylic acids is 1. The molecule has 0 saturated carbocycles. The Labute approximate surface area is 126 Å². The van der Waals surface area contributed by atoms with E-state index in [1.165, 1.54) is 6.07 Å². The summed E-state index contributed by atoms with van der Waals surface area (Å²) in [7, 11) is -1.51. The molecule has 0 spiro atoms. The number of hydrogen-bond donors (Lipinski definition) is 1. The maximum Gasteiger partial charge on any atom is 0.255 e. The molecule has 6 heteroatoms. The lowest BCUT2D eigenvalue weighted by atomic mass is 10.0. The van der Waals surface area contributed by atoms with Crippen LogP contribution in [0, 0.1) is 0 Å². The van der Waals surface area contributed by atoms with Crippen LogP contribution in [0.3, 0.4) is 0 Å². The highest BCUT2D eigenvalue weighted by Crippen LogP contribution is 2.21. The highest BCUT2D eigenvalue weighted by atomic mass is 32.2. The second-order valence-electron chi connectivity index (χ2n) is 5.28. The largest absolute Gasteiger partial charge is 0.337 e. The van der Waals surface area contributed by atoms with Crippen molar-refractivity contribution in [1.29, 1.82) is 0 Å². The van der Waals surface area contributed by atoms with Crippen molar-refractivity contribution in [2.45, 2.75) is 30.7 Å². The van der Waals surface area contributed by atoms with Gasteiger partial charge in [-0.05, 0) is 32.0 Å². The molecule has 2 rings (SSSR count). The van der Waals surface area contributed by atoms with Crippen molar-refractivity contribution in [1.82, 2.24) is 10.2 Å². The van der Waals surface area contributed by atoms with Gasteiger partial charge in [-0.25, -0.2) is 8.42 Å². The quantitative estimate of drug-likeness (QED) is 0.910. The molecule has 1 fully saturated rings. The zero-order valence-corrected chi connectivity index (χ0v) is 13.3. The smallest absolute Gasteiger partial charge is 0.255 e. The number of amides is 1. The lowest BCUT2D eigenvalue weighted by molar-refractivity contribution is 0.0694. The predicted molar refractivity (Wildman–Crippen MR) is 82.2 cm³/mol. The average molecular weight is 310 g/mol. The van der Waals surface area contributed by atoms with Crippen LogP contribution in [-0.4, -0.2) is 51.2 Å². The molecule has 0 aromatic heterocycles. The molecule has 116 valence electrons. The third-order valence-electron chi connectivity index (χ3n) is 3.95. The highest BCUT2D eigenvalue weighted by molar-refractivity contribution is 7.91. The number of rotatable bonds is 4. The van der Waals surface area contributed by atoms with Crippen LogP contribution in [0.5, 0.6) is 0 Å². The van der Waals surface area contributed by atoms with Gasteiger partial charge in [-0.15, -0.1) is 0 Å². The van der Waals surface area contributed by atoms with Gasteiger partial charge in [0.1, 0.15) is 0 Å². The van der Waals surface area contributed by atoms with Gasteiger partial charge in [-0.1, -0.05) is 19.1 Å². The second-order valence-corrected chi connectivity index (χ2v) is 7.53. The van der Waals surface area contributed by atoms with Crippen LogP contribution >= 0.6 is 0 Å². The van der Waals surface area contributed by atoms with Crippen molar-refractivity contribution >= 4 is 15.7 Å². The number of likely N-dealkylation sites (tertiary alicyclic amines) is 1. The van der Waals surface area contributed by atoms with E-state index >= 15 is 0 Å². The monoisotopic (exact) mass is 310 g/mol. The Balaban J connectivity index is 2.32. The molecule has 1 heterocycles. The molecule has 5 nitrogen and oxygen atoms in total. The summed E-state index contributed by atoms with van der Waals surface area (Å²) < 4.78 is 24.3. The minimum absolute atomic E-state index is 0.00354. The van der Waals surface area contributed by atoms with Crippen LogP contribution in [-0.2, 0) is 9.84 Å². The van der Waals surface area contributed by atoms with Gasteiger partial charge in [0.15, 0.2) is 9.84 Å². The third-order valence-corrected chi connectivity index (χ3v) is 5.74. The van der Waals surface area contributed by atoms with E-state index < -0.39 is 9.84 Å². The number of benzene rings is 1. The SMILES string of the molecule is CCS(=O)(=O)c1ccccc1C(=O)N1CCC[C@H](NC)C1. The third kappa shape index (κ3) is 3.44. The van der Waals surface area contributed by atoms with Crippen molar-refractivity contribution in [3.05, 3.63) is 29.8 Å². The van der Waals surface area contributed by atoms with Gasteiger partial charge in [0, 0.05) is 19.1 Å². The molecule has 1 atom stereocenters. The zero-order chi connectivity index (χ0) is 15.5. The van der Waals surface area contributed by atoms with Crippen LogP contribution in [0.4, 0.5) is 0 Å². The van der Waals surface area contributed by atoms with Gasteiger partial charge >= 0.3 is 0 Å². The maximum absolute atomic E-state index is 12.7. The summed E-state index contributed by atoms with van der Waals surface area (Å²) in [5.74, 6) is -0.196. The molecule has 21 heavy (non-hydrogen) atoms.